The van der Waals surface area contributed by atoms with Crippen LogP contribution in [-0.4, -0.2) is 51.1 Å². The molecule has 2 saturated heterocycles. The average molecular weight is 431 g/mol. The lowest BCUT2D eigenvalue weighted by Gasteiger charge is -2.45. The minimum Gasteiger partial charge on any atom is -0.353 e. The predicted molar refractivity (Wildman–Crippen MR) is 123 cm³/mol. The van der Waals surface area contributed by atoms with Crippen LogP contribution in [0.4, 0.5) is 5.82 Å². The van der Waals surface area contributed by atoms with Crippen LogP contribution in [0.5, 0.6) is 0 Å². The first-order valence-corrected chi connectivity index (χ1v) is 12.6. The third-order valence-electron chi connectivity index (χ3n) is 6.82. The predicted octanol–water partition coefficient (Wildman–Crippen LogP) is 4.44. The van der Waals surface area contributed by atoms with Gasteiger partial charge in [-0.05, 0) is 49.3 Å². The van der Waals surface area contributed by atoms with Gasteiger partial charge in [0, 0.05) is 31.6 Å². The maximum absolute atomic E-state index is 13.0. The van der Waals surface area contributed by atoms with Gasteiger partial charge < -0.3 is 10.2 Å². The maximum atomic E-state index is 13.0. The monoisotopic (exact) mass is 430 g/mol. The average Bonchev–Trinajstić information content (AvgIpc) is 3.46. The molecule has 7 heteroatoms. The Hall–Kier alpha value is -1.31. The van der Waals surface area contributed by atoms with E-state index in [1.54, 1.807) is 11.5 Å². The number of benzene rings is 1. The van der Waals surface area contributed by atoms with Crippen LogP contribution in [0, 0.1) is 0 Å². The number of anilines is 1. The van der Waals surface area contributed by atoms with Crippen LogP contribution in [0.2, 0.25) is 0 Å². The Morgan fingerprint density at radius 3 is 2.66 bits per heavy atom. The van der Waals surface area contributed by atoms with Crippen LogP contribution >= 0.6 is 23.3 Å². The Kier molecular flexibility index (Phi) is 5.25. The van der Waals surface area contributed by atoms with Crippen molar-refractivity contribution in [2.24, 2.45) is 0 Å². The molecule has 3 fully saturated rings. The number of rotatable bonds is 5. The number of hydrogen-bond donors (Lipinski definition) is 1. The maximum Gasteiger partial charge on any atom is 0.238 e. The number of hydrogen-bond acceptors (Lipinski definition) is 6. The van der Waals surface area contributed by atoms with Crippen LogP contribution < -0.4 is 10.2 Å². The molecule has 3 heterocycles. The molecule has 5 rings (SSSR count). The third kappa shape index (κ3) is 3.35. The molecular weight excluding hydrogens is 400 g/mol. The lowest BCUT2D eigenvalue weighted by Crippen LogP contribution is -2.60. The Labute approximate surface area is 181 Å². The van der Waals surface area contributed by atoms with E-state index >= 15 is 0 Å². The summed E-state index contributed by atoms with van der Waals surface area (Å²) in [7, 11) is 0. The van der Waals surface area contributed by atoms with Gasteiger partial charge in [-0.2, -0.15) is 4.37 Å². The fraction of sp³-hybridized carbons (Fsp3) is 0.636. The zero-order chi connectivity index (χ0) is 19.9. The molecule has 1 aliphatic carbocycles. The lowest BCUT2D eigenvalue weighted by atomic mass is 10.1. The molecule has 3 aliphatic rings. The van der Waals surface area contributed by atoms with Crippen molar-refractivity contribution in [2.75, 3.05) is 31.1 Å². The zero-order valence-corrected chi connectivity index (χ0v) is 18.8. The first-order chi connectivity index (χ1) is 14.2. The van der Waals surface area contributed by atoms with Crippen molar-refractivity contribution in [3.05, 3.63) is 24.3 Å². The normalized spacial score (nSPS) is 27.2. The number of fused-ring (bicyclic) bond motifs is 1. The zero-order valence-electron chi connectivity index (χ0n) is 17.2. The number of thioether (sulfide) groups is 1. The van der Waals surface area contributed by atoms with Gasteiger partial charge >= 0.3 is 0 Å². The molecule has 1 amide bonds. The molecule has 2 aromatic rings. The molecule has 1 N–H and O–H groups in total. The van der Waals surface area contributed by atoms with Crippen molar-refractivity contribution in [1.82, 2.24) is 14.6 Å². The Bertz CT molecular complexity index is 886. The van der Waals surface area contributed by atoms with Crippen molar-refractivity contribution in [2.45, 2.75) is 61.6 Å². The van der Waals surface area contributed by atoms with Crippen LogP contribution in [0.25, 0.3) is 10.1 Å². The van der Waals surface area contributed by atoms with Gasteiger partial charge in [0.15, 0.2) is 0 Å². The molecular formula is C22H30N4OS2. The third-order valence-corrected chi connectivity index (χ3v) is 9.52. The SMILES string of the molecule is CCCCC1(N2CCN(c3nsc4ccccc34)CC2)NC(=O)C2(CCCC2)S1. The summed E-state index contributed by atoms with van der Waals surface area (Å²) in [6.45, 7) is 6.11. The van der Waals surface area contributed by atoms with Gasteiger partial charge in [0.05, 0.1) is 9.45 Å². The summed E-state index contributed by atoms with van der Waals surface area (Å²) in [5.41, 5.74) is 0. The minimum absolute atomic E-state index is 0.171. The molecule has 1 spiro atoms. The number of amides is 1. The first kappa shape index (κ1) is 19.6. The quantitative estimate of drug-likeness (QED) is 0.760. The Morgan fingerprint density at radius 2 is 1.90 bits per heavy atom. The first-order valence-electron chi connectivity index (χ1n) is 11.0. The van der Waals surface area contributed by atoms with Crippen molar-refractivity contribution < 1.29 is 4.79 Å². The molecule has 1 aromatic carbocycles. The lowest BCUT2D eigenvalue weighted by molar-refractivity contribution is -0.124. The van der Waals surface area contributed by atoms with E-state index in [0.29, 0.717) is 5.91 Å². The smallest absolute Gasteiger partial charge is 0.238 e. The summed E-state index contributed by atoms with van der Waals surface area (Å²) >= 11 is 3.55. The van der Waals surface area contributed by atoms with Gasteiger partial charge in [0.25, 0.3) is 0 Å². The number of carbonyl (C=O) groups is 1. The molecule has 1 atom stereocenters. The van der Waals surface area contributed by atoms with E-state index in [9.17, 15) is 4.79 Å². The number of aromatic nitrogens is 1. The van der Waals surface area contributed by atoms with E-state index in [1.807, 2.05) is 11.8 Å². The molecule has 156 valence electrons. The van der Waals surface area contributed by atoms with Gasteiger partial charge in [0.2, 0.25) is 5.91 Å². The van der Waals surface area contributed by atoms with E-state index in [2.05, 4.69) is 46.3 Å². The molecule has 1 unspecified atom stereocenters. The van der Waals surface area contributed by atoms with Crippen molar-refractivity contribution in [1.29, 1.82) is 0 Å². The van der Waals surface area contributed by atoms with Gasteiger partial charge in [-0.15, -0.1) is 11.8 Å². The molecule has 1 aromatic heterocycles. The molecule has 0 radical (unpaired) electrons. The van der Waals surface area contributed by atoms with Gasteiger partial charge in [-0.3, -0.25) is 9.69 Å². The van der Waals surface area contributed by atoms with Crippen molar-refractivity contribution >= 4 is 45.1 Å². The van der Waals surface area contributed by atoms with E-state index in [0.717, 1.165) is 64.1 Å². The molecule has 2 aliphatic heterocycles. The van der Waals surface area contributed by atoms with E-state index in [-0.39, 0.29) is 9.74 Å². The van der Waals surface area contributed by atoms with Crippen LogP contribution in [0.3, 0.4) is 0 Å². The topological polar surface area (TPSA) is 48.5 Å². The second-order valence-corrected chi connectivity index (χ2v) is 11.1. The minimum atomic E-state index is -0.215. The fourth-order valence-corrected chi connectivity index (χ4v) is 7.95. The van der Waals surface area contributed by atoms with Gasteiger partial charge in [0.1, 0.15) is 10.8 Å². The van der Waals surface area contributed by atoms with Crippen molar-refractivity contribution in [3.63, 3.8) is 0 Å². The van der Waals surface area contributed by atoms with Gasteiger partial charge in [-0.1, -0.05) is 38.3 Å². The largest absolute Gasteiger partial charge is 0.353 e. The highest BCUT2D eigenvalue weighted by atomic mass is 32.2. The highest BCUT2D eigenvalue weighted by Gasteiger charge is 2.58. The second-order valence-electron chi connectivity index (χ2n) is 8.62. The highest BCUT2D eigenvalue weighted by Crippen LogP contribution is 2.54. The number of unbranched alkanes of at least 4 members (excludes halogenated alkanes) is 1. The fourth-order valence-electron chi connectivity index (χ4n) is 5.17. The summed E-state index contributed by atoms with van der Waals surface area (Å²) in [6.07, 6.45) is 7.83. The molecule has 5 nitrogen and oxygen atoms in total. The van der Waals surface area contributed by atoms with E-state index in [1.165, 1.54) is 22.9 Å². The molecule has 29 heavy (non-hydrogen) atoms. The Balaban J connectivity index is 1.34. The van der Waals surface area contributed by atoms with Crippen LogP contribution in [-0.2, 0) is 4.79 Å². The van der Waals surface area contributed by atoms with Crippen molar-refractivity contribution in [3.8, 4) is 0 Å². The standard InChI is InChI=1S/C22H30N4OS2/c1-2-3-12-22(23-20(27)21(29-22)10-6-7-11-21)26-15-13-25(14-16-26)19-17-8-4-5-9-18(17)28-24-19/h4-5,8-9H,2-3,6-7,10-16H2,1H3,(H,23,27). The number of carbonyl (C=O) groups excluding carboxylic acids is 1. The van der Waals surface area contributed by atoms with Gasteiger partial charge in [-0.25, -0.2) is 0 Å². The summed E-state index contributed by atoms with van der Waals surface area (Å²) in [5.74, 6) is 1.42. The Morgan fingerprint density at radius 1 is 1.14 bits per heavy atom. The van der Waals surface area contributed by atoms with E-state index < -0.39 is 0 Å². The second kappa shape index (κ2) is 7.75. The van der Waals surface area contributed by atoms with E-state index in [4.69, 9.17) is 4.37 Å². The molecule has 1 saturated carbocycles. The number of nitrogens with zero attached hydrogens (tertiary/aromatic N) is 3. The van der Waals surface area contributed by atoms with Crippen LogP contribution in [0.15, 0.2) is 24.3 Å². The molecule has 0 bridgehead atoms. The van der Waals surface area contributed by atoms with Crippen LogP contribution in [0.1, 0.15) is 51.9 Å². The summed E-state index contributed by atoms with van der Waals surface area (Å²) in [4.78, 5) is 17.8. The number of nitrogens with one attached hydrogen (secondary N) is 1. The summed E-state index contributed by atoms with van der Waals surface area (Å²) in [6, 6.07) is 8.51. The summed E-state index contributed by atoms with van der Waals surface area (Å²) < 4.78 is 5.84. The highest BCUT2D eigenvalue weighted by molar-refractivity contribution is 8.03. The number of piperazine rings is 1. The summed E-state index contributed by atoms with van der Waals surface area (Å²) in [5, 5.41) is 4.77.